The monoisotopic (exact) mass is 769 g/mol. The molecule has 296 valence electrons. The molecule has 13 heteroatoms. The number of rotatable bonds is 15. The number of aliphatic hydroxyl groups excluding tert-OH is 2. The number of methoxy groups -OCH3 is 1. The standard InChI is InChI=1S/C41H56ClN3O9/c1-25(23-54-27(3)46)31-20-35(47)41(4)21-32-28(24-51-5)10-12-30(32)26(2)39(50)40(38(31)41)53-17-7-6-9-36(48)45-16-18-52-34-13-11-29(19-33(34)45)44(15-8-14-43)37(49)22-42/h11,13,19,21,25-26,28,30,35,39-40,47,50H,6-10,12,15-18,20,22-24H2,1-5H3/b32-21-/t25-,26-,28-,30+,35+,39-,40-,41+/m1/s1. The van der Waals surface area contributed by atoms with E-state index in [1.54, 1.807) is 30.2 Å². The molecule has 0 bridgehead atoms. The van der Waals surface area contributed by atoms with Gasteiger partial charge in [0.2, 0.25) is 11.8 Å². The molecule has 3 aliphatic carbocycles. The maximum Gasteiger partial charge on any atom is 0.302 e. The fourth-order valence-electron chi connectivity index (χ4n) is 8.92. The number of nitrogens with zero attached hydrogens (tertiary/aromatic N) is 3. The summed E-state index contributed by atoms with van der Waals surface area (Å²) in [6.45, 7) is 9.35. The first-order valence-corrected chi connectivity index (χ1v) is 19.8. The zero-order valence-corrected chi connectivity index (χ0v) is 33.0. The molecule has 54 heavy (non-hydrogen) atoms. The van der Waals surface area contributed by atoms with Gasteiger partial charge in [-0.2, -0.15) is 5.26 Å². The van der Waals surface area contributed by atoms with Crippen LogP contribution >= 0.6 is 11.6 Å². The lowest BCUT2D eigenvalue weighted by molar-refractivity contribution is -0.141. The van der Waals surface area contributed by atoms with Crippen LogP contribution in [-0.4, -0.2) is 98.8 Å². The van der Waals surface area contributed by atoms with E-state index in [0.717, 1.165) is 24.0 Å². The van der Waals surface area contributed by atoms with Crippen LogP contribution in [0.5, 0.6) is 5.75 Å². The van der Waals surface area contributed by atoms with Crippen LogP contribution in [0, 0.1) is 40.4 Å². The minimum atomic E-state index is -0.852. The van der Waals surface area contributed by atoms with Gasteiger partial charge in [-0.25, -0.2) is 0 Å². The first-order valence-electron chi connectivity index (χ1n) is 19.2. The largest absolute Gasteiger partial charge is 0.490 e. The van der Waals surface area contributed by atoms with Gasteiger partial charge in [0.05, 0.1) is 50.1 Å². The Morgan fingerprint density at radius 3 is 2.70 bits per heavy atom. The van der Waals surface area contributed by atoms with Crippen molar-refractivity contribution in [3.8, 4) is 11.8 Å². The molecule has 8 atom stereocenters. The molecule has 12 nitrogen and oxygen atoms in total. The molecule has 1 fully saturated rings. The van der Waals surface area contributed by atoms with Gasteiger partial charge in [0, 0.05) is 56.5 Å². The summed E-state index contributed by atoms with van der Waals surface area (Å²) in [6.07, 6.45) is 3.65. The van der Waals surface area contributed by atoms with Crippen LogP contribution < -0.4 is 14.5 Å². The summed E-state index contributed by atoms with van der Waals surface area (Å²) in [4.78, 5) is 41.1. The lowest BCUT2D eigenvalue weighted by Crippen LogP contribution is -2.46. The van der Waals surface area contributed by atoms with Crippen LogP contribution in [0.2, 0.25) is 0 Å². The molecule has 0 saturated heterocycles. The second-order valence-corrected chi connectivity index (χ2v) is 15.6. The van der Waals surface area contributed by atoms with Crippen LogP contribution in [0.25, 0.3) is 0 Å². The quantitative estimate of drug-likeness (QED) is 0.103. The lowest BCUT2D eigenvalue weighted by Gasteiger charge is -2.43. The highest BCUT2D eigenvalue weighted by Gasteiger charge is 2.53. The van der Waals surface area contributed by atoms with Gasteiger partial charge in [-0.05, 0) is 74.6 Å². The van der Waals surface area contributed by atoms with E-state index >= 15 is 0 Å². The summed E-state index contributed by atoms with van der Waals surface area (Å²) < 4.78 is 23.5. The Kier molecular flexibility index (Phi) is 14.2. The fourth-order valence-corrected chi connectivity index (χ4v) is 9.06. The van der Waals surface area contributed by atoms with Gasteiger partial charge in [-0.15, -0.1) is 11.6 Å². The molecule has 1 aliphatic heterocycles. The highest BCUT2D eigenvalue weighted by molar-refractivity contribution is 6.29. The summed E-state index contributed by atoms with van der Waals surface area (Å²) in [5, 5.41) is 33.0. The van der Waals surface area contributed by atoms with Crippen LogP contribution in [-0.2, 0) is 28.6 Å². The van der Waals surface area contributed by atoms with Crippen molar-refractivity contribution in [3.05, 3.63) is 41.0 Å². The third kappa shape index (κ3) is 8.81. The van der Waals surface area contributed by atoms with Crippen molar-refractivity contribution in [2.45, 2.75) is 91.0 Å². The third-order valence-electron chi connectivity index (χ3n) is 11.9. The maximum atomic E-state index is 13.6. The SMILES string of the molecule is COC[C@H]1CC[C@@H]2/C1=C\[C@]1(C)C(=C([C@H](C)COC(C)=O)C[C@@H]1O)[C@@H](OCCCCC(=O)N1CCOc3ccc(N(CCC#N)C(=O)CCl)cc31)[C@H](O)[C@@H]2C. The molecule has 0 aromatic heterocycles. The number of alkyl halides is 1. The first kappa shape index (κ1) is 41.7. The Hall–Kier alpha value is -3.47. The number of fused-ring (bicyclic) bond motifs is 3. The molecule has 0 spiro atoms. The maximum absolute atomic E-state index is 13.6. The summed E-state index contributed by atoms with van der Waals surface area (Å²) in [6, 6.07) is 7.25. The van der Waals surface area contributed by atoms with E-state index in [2.05, 4.69) is 19.1 Å². The number of nitriles is 1. The van der Waals surface area contributed by atoms with Gasteiger partial charge in [0.25, 0.3) is 0 Å². The number of carbonyl (C=O) groups is 3. The Morgan fingerprint density at radius 2 is 2.00 bits per heavy atom. The minimum Gasteiger partial charge on any atom is -0.490 e. The van der Waals surface area contributed by atoms with Gasteiger partial charge < -0.3 is 39.0 Å². The number of hydrogen-bond acceptors (Lipinski definition) is 10. The van der Waals surface area contributed by atoms with Crippen molar-refractivity contribution in [1.29, 1.82) is 5.26 Å². The Bertz CT molecular complexity index is 1640. The highest BCUT2D eigenvalue weighted by Crippen LogP contribution is 2.55. The smallest absolute Gasteiger partial charge is 0.302 e. The number of carbonyl (C=O) groups excluding carboxylic acids is 3. The molecule has 1 heterocycles. The van der Waals surface area contributed by atoms with Gasteiger partial charge in [-0.3, -0.25) is 14.4 Å². The van der Waals surface area contributed by atoms with Gasteiger partial charge in [-0.1, -0.05) is 31.1 Å². The van der Waals surface area contributed by atoms with E-state index in [1.807, 2.05) is 13.8 Å². The van der Waals surface area contributed by atoms with E-state index in [-0.39, 0.29) is 79.9 Å². The second kappa shape index (κ2) is 18.4. The number of unbranched alkanes of at least 4 members (excludes halogenated alkanes) is 1. The Labute approximate surface area is 324 Å². The number of halogens is 1. The van der Waals surface area contributed by atoms with Crippen molar-refractivity contribution < 1.29 is 43.5 Å². The summed E-state index contributed by atoms with van der Waals surface area (Å²) in [7, 11) is 1.70. The van der Waals surface area contributed by atoms with Crippen molar-refractivity contribution >= 4 is 40.8 Å². The number of aliphatic hydroxyl groups is 2. The number of ether oxygens (including phenoxy) is 4. The molecule has 2 amide bonds. The van der Waals surface area contributed by atoms with Gasteiger partial charge in [0.15, 0.2) is 0 Å². The van der Waals surface area contributed by atoms with Crippen molar-refractivity contribution in [1.82, 2.24) is 0 Å². The van der Waals surface area contributed by atoms with E-state index < -0.39 is 23.7 Å². The van der Waals surface area contributed by atoms with E-state index in [1.165, 1.54) is 17.4 Å². The molecular formula is C41H56ClN3O9. The van der Waals surface area contributed by atoms with Crippen molar-refractivity contribution in [2.24, 2.45) is 29.1 Å². The average molecular weight is 770 g/mol. The predicted molar refractivity (Wildman–Crippen MR) is 204 cm³/mol. The predicted octanol–water partition coefficient (Wildman–Crippen LogP) is 5.33. The van der Waals surface area contributed by atoms with Crippen molar-refractivity contribution in [3.63, 3.8) is 0 Å². The normalized spacial score (nSPS) is 29.0. The molecular weight excluding hydrogens is 714 g/mol. The second-order valence-electron chi connectivity index (χ2n) is 15.4. The molecule has 0 radical (unpaired) electrons. The lowest BCUT2D eigenvalue weighted by atomic mass is 9.68. The number of anilines is 2. The van der Waals surface area contributed by atoms with Crippen LogP contribution in [0.3, 0.4) is 0 Å². The average Bonchev–Trinajstić information content (AvgIpc) is 3.66. The zero-order chi connectivity index (χ0) is 39.2. The number of benzene rings is 1. The van der Waals surface area contributed by atoms with Gasteiger partial charge in [0.1, 0.15) is 24.3 Å². The molecule has 2 N–H and O–H groups in total. The number of hydrogen-bond donors (Lipinski definition) is 2. The number of amides is 2. The van der Waals surface area contributed by atoms with E-state index in [9.17, 15) is 24.6 Å². The van der Waals surface area contributed by atoms with Crippen LogP contribution in [0.4, 0.5) is 11.4 Å². The minimum absolute atomic E-state index is 0.0937. The summed E-state index contributed by atoms with van der Waals surface area (Å²) in [5.74, 6) is -0.486. The Morgan fingerprint density at radius 1 is 1.22 bits per heavy atom. The molecule has 1 aromatic carbocycles. The summed E-state index contributed by atoms with van der Waals surface area (Å²) >= 11 is 5.86. The molecule has 0 unspecified atom stereocenters. The Balaban J connectivity index is 1.32. The van der Waals surface area contributed by atoms with E-state index in [4.69, 9.17) is 35.8 Å². The third-order valence-corrected chi connectivity index (χ3v) is 12.1. The van der Waals surface area contributed by atoms with Crippen LogP contribution in [0.15, 0.2) is 41.0 Å². The number of esters is 1. The molecule has 5 rings (SSSR count). The van der Waals surface area contributed by atoms with Gasteiger partial charge >= 0.3 is 5.97 Å². The molecule has 4 aliphatic rings. The fraction of sp³-hybridized carbons (Fsp3) is 0.659. The van der Waals surface area contributed by atoms with Crippen molar-refractivity contribution in [2.75, 3.05) is 62.3 Å². The summed E-state index contributed by atoms with van der Waals surface area (Å²) in [5.41, 5.74) is 3.32. The molecule has 1 saturated carbocycles. The van der Waals surface area contributed by atoms with E-state index in [0.29, 0.717) is 56.1 Å². The van der Waals surface area contributed by atoms with Crippen LogP contribution in [0.1, 0.15) is 72.6 Å². The molecule has 1 aromatic rings. The highest BCUT2D eigenvalue weighted by atomic mass is 35.5. The first-order chi connectivity index (χ1) is 25.9. The topological polar surface area (TPSA) is 159 Å². The zero-order valence-electron chi connectivity index (χ0n) is 32.2.